The van der Waals surface area contributed by atoms with Gasteiger partial charge in [-0.05, 0) is 23.3 Å². The van der Waals surface area contributed by atoms with E-state index in [1.54, 1.807) is 17.9 Å². The Hall–Kier alpha value is -3.08. The van der Waals surface area contributed by atoms with Crippen LogP contribution >= 0.6 is 0 Å². The highest BCUT2D eigenvalue weighted by Crippen LogP contribution is 2.27. The summed E-state index contributed by atoms with van der Waals surface area (Å²) in [6.07, 6.45) is 1.79. The van der Waals surface area contributed by atoms with Crippen LogP contribution in [0, 0.1) is 0 Å². The quantitative estimate of drug-likeness (QED) is 0.675. The smallest absolute Gasteiger partial charge is 0.359 e. The van der Waals surface area contributed by atoms with Crippen molar-refractivity contribution in [3.63, 3.8) is 0 Å². The predicted molar refractivity (Wildman–Crippen MR) is 90.8 cm³/mol. The summed E-state index contributed by atoms with van der Waals surface area (Å²) in [6.45, 7) is 0.487. The fourth-order valence-corrected chi connectivity index (χ4v) is 2.44. The molecule has 0 saturated heterocycles. The number of ether oxygens (including phenoxy) is 2. The number of rotatable bonds is 5. The molecule has 122 valence electrons. The van der Waals surface area contributed by atoms with Crippen molar-refractivity contribution in [1.29, 1.82) is 0 Å². The number of hydrogen-bond acceptors (Lipinski definition) is 4. The van der Waals surface area contributed by atoms with Crippen molar-refractivity contribution >= 4 is 5.97 Å². The number of carbonyl (C=O) groups excluding carboxylic acids is 1. The van der Waals surface area contributed by atoms with Crippen LogP contribution in [0.4, 0.5) is 0 Å². The summed E-state index contributed by atoms with van der Waals surface area (Å²) in [6, 6.07) is 17.6. The fraction of sp³-hybridized carbons (Fsp3) is 0.158. The molecule has 0 fully saturated rings. The summed E-state index contributed by atoms with van der Waals surface area (Å²) in [5, 5.41) is 4.18. The monoisotopic (exact) mass is 322 g/mol. The van der Waals surface area contributed by atoms with Crippen molar-refractivity contribution in [2.75, 3.05) is 7.11 Å². The van der Waals surface area contributed by atoms with Gasteiger partial charge in [-0.3, -0.25) is 4.68 Å². The Kier molecular flexibility index (Phi) is 4.61. The van der Waals surface area contributed by atoms with Crippen molar-refractivity contribution in [3.05, 3.63) is 72.1 Å². The minimum absolute atomic E-state index is 0.292. The van der Waals surface area contributed by atoms with E-state index < -0.39 is 5.97 Å². The maximum Gasteiger partial charge on any atom is 0.359 e. The molecular formula is C19H18N2O3. The lowest BCUT2D eigenvalue weighted by Crippen LogP contribution is -2.04. The molecule has 0 N–H and O–H groups in total. The van der Waals surface area contributed by atoms with Crippen molar-refractivity contribution in [3.8, 4) is 16.9 Å². The van der Waals surface area contributed by atoms with Gasteiger partial charge in [-0.2, -0.15) is 5.10 Å². The van der Waals surface area contributed by atoms with Crippen LogP contribution < -0.4 is 4.74 Å². The second-order valence-corrected chi connectivity index (χ2v) is 5.36. The van der Waals surface area contributed by atoms with E-state index in [2.05, 4.69) is 5.10 Å². The number of benzene rings is 2. The number of aromatic nitrogens is 2. The lowest BCUT2D eigenvalue weighted by Gasteiger charge is -2.08. The molecule has 0 aliphatic rings. The van der Waals surface area contributed by atoms with Gasteiger partial charge in [0.15, 0.2) is 5.69 Å². The van der Waals surface area contributed by atoms with Crippen LogP contribution in [0.25, 0.3) is 11.1 Å². The third-order valence-corrected chi connectivity index (χ3v) is 3.60. The van der Waals surface area contributed by atoms with E-state index in [-0.39, 0.29) is 0 Å². The Balaban J connectivity index is 1.84. The maximum absolute atomic E-state index is 11.9. The lowest BCUT2D eigenvalue weighted by atomic mass is 10.1. The molecule has 1 heterocycles. The van der Waals surface area contributed by atoms with E-state index in [0.29, 0.717) is 12.3 Å². The second kappa shape index (κ2) is 7.00. The molecule has 0 spiro atoms. The van der Waals surface area contributed by atoms with Gasteiger partial charge in [-0.25, -0.2) is 4.79 Å². The number of hydrogen-bond donors (Lipinski definition) is 0. The van der Waals surface area contributed by atoms with E-state index in [9.17, 15) is 4.79 Å². The lowest BCUT2D eigenvalue weighted by molar-refractivity contribution is 0.0594. The first kappa shape index (κ1) is 15.8. The molecule has 5 heteroatoms. The summed E-state index contributed by atoms with van der Waals surface area (Å²) in [5.41, 5.74) is 2.96. The standard InChI is InChI=1S/C19H18N2O3/c1-21-12-17(18(20-21)19(22)23-2)15-9-6-10-16(11-15)24-13-14-7-4-3-5-8-14/h3-12H,13H2,1-2H3. The van der Waals surface area contributed by atoms with E-state index in [4.69, 9.17) is 9.47 Å². The molecule has 0 radical (unpaired) electrons. The van der Waals surface area contributed by atoms with Gasteiger partial charge >= 0.3 is 5.97 Å². The average molecular weight is 322 g/mol. The van der Waals surface area contributed by atoms with Crippen LogP contribution in [-0.2, 0) is 18.4 Å². The molecule has 1 aromatic heterocycles. The molecule has 5 nitrogen and oxygen atoms in total. The fourth-order valence-electron chi connectivity index (χ4n) is 2.44. The van der Waals surface area contributed by atoms with Gasteiger partial charge in [0, 0.05) is 18.8 Å². The van der Waals surface area contributed by atoms with Crippen LogP contribution in [0.2, 0.25) is 0 Å². The van der Waals surface area contributed by atoms with E-state index in [1.807, 2.05) is 54.6 Å². The van der Waals surface area contributed by atoms with Crippen molar-refractivity contribution in [1.82, 2.24) is 9.78 Å². The number of carbonyl (C=O) groups is 1. The summed E-state index contributed by atoms with van der Waals surface area (Å²) < 4.78 is 12.2. The SMILES string of the molecule is COC(=O)c1nn(C)cc1-c1cccc(OCc2ccccc2)c1. The topological polar surface area (TPSA) is 53.3 Å². The largest absolute Gasteiger partial charge is 0.489 e. The minimum atomic E-state index is -0.457. The summed E-state index contributed by atoms with van der Waals surface area (Å²) in [4.78, 5) is 11.9. The van der Waals surface area contributed by atoms with Gasteiger partial charge in [0.25, 0.3) is 0 Å². The molecule has 24 heavy (non-hydrogen) atoms. The Morgan fingerprint density at radius 2 is 1.92 bits per heavy atom. The molecule has 0 atom stereocenters. The highest BCUT2D eigenvalue weighted by Gasteiger charge is 2.18. The van der Waals surface area contributed by atoms with Gasteiger partial charge in [-0.15, -0.1) is 0 Å². The first-order valence-corrected chi connectivity index (χ1v) is 7.56. The number of nitrogens with zero attached hydrogens (tertiary/aromatic N) is 2. The van der Waals surface area contributed by atoms with Gasteiger partial charge in [0.1, 0.15) is 12.4 Å². The number of esters is 1. The second-order valence-electron chi connectivity index (χ2n) is 5.36. The van der Waals surface area contributed by atoms with Crippen LogP contribution in [0.3, 0.4) is 0 Å². The van der Waals surface area contributed by atoms with Crippen molar-refractivity contribution < 1.29 is 14.3 Å². The number of aryl methyl sites for hydroxylation is 1. The zero-order valence-electron chi connectivity index (χ0n) is 13.6. The average Bonchev–Trinajstić information content (AvgIpc) is 3.02. The molecule has 0 bridgehead atoms. The van der Waals surface area contributed by atoms with Crippen molar-refractivity contribution in [2.45, 2.75) is 6.61 Å². The summed E-state index contributed by atoms with van der Waals surface area (Å²) in [7, 11) is 3.12. The molecule has 3 rings (SSSR count). The highest BCUT2D eigenvalue weighted by molar-refractivity contribution is 5.95. The zero-order chi connectivity index (χ0) is 16.9. The molecular weight excluding hydrogens is 304 g/mol. The molecule has 0 saturated carbocycles. The third-order valence-electron chi connectivity index (χ3n) is 3.60. The molecule has 0 aliphatic carbocycles. The van der Waals surface area contributed by atoms with Gasteiger partial charge < -0.3 is 9.47 Å². The predicted octanol–water partition coefficient (Wildman–Crippen LogP) is 3.45. The van der Waals surface area contributed by atoms with Crippen molar-refractivity contribution in [2.24, 2.45) is 7.05 Å². The normalized spacial score (nSPS) is 10.4. The summed E-state index contributed by atoms with van der Waals surface area (Å²) in [5.74, 6) is 0.275. The van der Waals surface area contributed by atoms with E-state index in [1.165, 1.54) is 7.11 Å². The molecule has 0 unspecified atom stereocenters. The Bertz CT molecular complexity index is 841. The minimum Gasteiger partial charge on any atom is -0.489 e. The van der Waals surface area contributed by atoms with Gasteiger partial charge in [0.05, 0.1) is 7.11 Å². The Labute approximate surface area is 140 Å². The van der Waals surface area contributed by atoms with E-state index >= 15 is 0 Å². The van der Waals surface area contributed by atoms with Gasteiger partial charge in [-0.1, -0.05) is 42.5 Å². The van der Waals surface area contributed by atoms with Crippen LogP contribution in [0.5, 0.6) is 5.75 Å². The first-order chi connectivity index (χ1) is 11.7. The van der Waals surface area contributed by atoms with Crippen LogP contribution in [0.1, 0.15) is 16.1 Å². The zero-order valence-corrected chi connectivity index (χ0v) is 13.6. The molecule has 0 amide bonds. The molecule has 2 aromatic carbocycles. The molecule has 0 aliphatic heterocycles. The number of methoxy groups -OCH3 is 1. The highest BCUT2D eigenvalue weighted by atomic mass is 16.5. The van der Waals surface area contributed by atoms with E-state index in [0.717, 1.165) is 22.4 Å². The first-order valence-electron chi connectivity index (χ1n) is 7.56. The van der Waals surface area contributed by atoms with Crippen LogP contribution in [-0.4, -0.2) is 22.9 Å². The third kappa shape index (κ3) is 3.46. The Morgan fingerprint density at radius 3 is 2.67 bits per heavy atom. The molecule has 3 aromatic rings. The maximum atomic E-state index is 11.9. The van der Waals surface area contributed by atoms with Crippen LogP contribution in [0.15, 0.2) is 60.8 Å². The summed E-state index contributed by atoms with van der Waals surface area (Å²) >= 11 is 0. The van der Waals surface area contributed by atoms with Gasteiger partial charge in [0.2, 0.25) is 0 Å². The Morgan fingerprint density at radius 1 is 1.12 bits per heavy atom.